The summed E-state index contributed by atoms with van der Waals surface area (Å²) in [4.78, 5) is 22.8. The molecule has 6 aliphatic rings. The van der Waals surface area contributed by atoms with E-state index in [1.807, 2.05) is 0 Å². The van der Waals surface area contributed by atoms with Crippen molar-refractivity contribution in [3.63, 3.8) is 0 Å². The molecule has 0 unspecified atom stereocenters. The number of hydrogen-bond acceptors (Lipinski definition) is 8. The van der Waals surface area contributed by atoms with Crippen LogP contribution in [0.4, 0.5) is 5.69 Å². The highest BCUT2D eigenvalue weighted by atomic mass is 16.5. The van der Waals surface area contributed by atoms with Crippen LogP contribution < -0.4 is 4.90 Å². The van der Waals surface area contributed by atoms with E-state index in [4.69, 9.17) is 14.7 Å². The number of imidazole rings is 2. The molecule has 2 aromatic carbocycles. The summed E-state index contributed by atoms with van der Waals surface area (Å²) >= 11 is 0. The standard InChI is InChI=1S/C20H29N5.C20H28N4O/c1-22-9-11-24(12-10-22)17-5-6-19-18(15-17)21-20-7-8-23(13-14-25(19)20)16-3-2-4-16;1-2-17(3-1)23-7-6-20-21-18-14-16(15-22-10-12-25-13-11-22)4-5-19(18)24(20)9-8-23/h5-6,15-16H,2-4,7-14H2,1H3;4-5,14,17H,1-3,6-13,15H2. The maximum atomic E-state index is 5.45. The van der Waals surface area contributed by atoms with E-state index in [0.717, 1.165) is 97.0 Å². The average molecular weight is 680 g/mol. The first-order valence-corrected chi connectivity index (χ1v) is 19.8. The molecule has 6 heterocycles. The molecule has 2 aliphatic carbocycles. The van der Waals surface area contributed by atoms with E-state index in [1.54, 1.807) is 0 Å². The molecule has 10 nitrogen and oxygen atoms in total. The summed E-state index contributed by atoms with van der Waals surface area (Å²) in [5, 5.41) is 0. The first-order chi connectivity index (χ1) is 24.6. The van der Waals surface area contributed by atoms with E-state index in [0.29, 0.717) is 0 Å². The highest BCUT2D eigenvalue weighted by molar-refractivity contribution is 5.81. The molecule has 0 N–H and O–H groups in total. The lowest BCUT2D eigenvalue weighted by Crippen LogP contribution is -2.44. The van der Waals surface area contributed by atoms with E-state index < -0.39 is 0 Å². The SMILES string of the molecule is CN1CCN(c2ccc3c(c2)nc2n3CCN(C3CCC3)CC2)CC1.c1cc2c(cc1CN1CCOCC1)nc1n2CCN(C2CCC2)CC1. The molecule has 0 bridgehead atoms. The molecule has 0 spiro atoms. The third kappa shape index (κ3) is 6.82. The van der Waals surface area contributed by atoms with Crippen LogP contribution in [-0.4, -0.2) is 136 Å². The van der Waals surface area contributed by atoms with Gasteiger partial charge in [0, 0.05) is 116 Å². The molecule has 0 atom stereocenters. The van der Waals surface area contributed by atoms with Gasteiger partial charge in [-0.15, -0.1) is 0 Å². The van der Waals surface area contributed by atoms with Gasteiger partial charge in [0.25, 0.3) is 0 Å². The summed E-state index contributed by atoms with van der Waals surface area (Å²) in [6.45, 7) is 16.2. The van der Waals surface area contributed by atoms with E-state index in [-0.39, 0.29) is 0 Å². The zero-order valence-corrected chi connectivity index (χ0v) is 30.3. The number of ether oxygens (including phenoxy) is 1. The lowest BCUT2D eigenvalue weighted by atomic mass is 9.91. The molecule has 4 aliphatic heterocycles. The third-order valence-electron chi connectivity index (χ3n) is 12.7. The van der Waals surface area contributed by atoms with Crippen molar-refractivity contribution in [1.29, 1.82) is 0 Å². The molecule has 4 aromatic rings. The normalized spacial score (nSPS) is 23.4. The van der Waals surface area contributed by atoms with E-state index in [2.05, 4.69) is 77.1 Å². The Morgan fingerprint density at radius 1 is 0.620 bits per heavy atom. The maximum absolute atomic E-state index is 5.45. The van der Waals surface area contributed by atoms with E-state index in [1.165, 1.54) is 110 Å². The molecule has 0 amide bonds. The molecule has 2 aromatic heterocycles. The van der Waals surface area contributed by atoms with Crippen LogP contribution in [0.5, 0.6) is 0 Å². The fourth-order valence-electron chi connectivity index (χ4n) is 9.05. The zero-order valence-electron chi connectivity index (χ0n) is 30.3. The topological polar surface area (TPSA) is 61.1 Å². The fraction of sp³-hybridized carbons (Fsp3) is 0.650. The molecular formula is C40H57N9O. The Morgan fingerprint density at radius 2 is 1.20 bits per heavy atom. The van der Waals surface area contributed by atoms with Crippen molar-refractivity contribution in [1.82, 2.24) is 38.7 Å². The number of aromatic nitrogens is 4. The van der Waals surface area contributed by atoms with Crippen molar-refractivity contribution in [3.8, 4) is 0 Å². The van der Waals surface area contributed by atoms with Gasteiger partial charge in [0.05, 0.1) is 35.3 Å². The zero-order chi connectivity index (χ0) is 33.4. The molecule has 10 heteroatoms. The summed E-state index contributed by atoms with van der Waals surface area (Å²) < 4.78 is 10.4. The van der Waals surface area contributed by atoms with Crippen LogP contribution in [-0.2, 0) is 37.2 Å². The number of fused-ring (bicyclic) bond motifs is 6. The van der Waals surface area contributed by atoms with Gasteiger partial charge in [-0.25, -0.2) is 9.97 Å². The lowest BCUT2D eigenvalue weighted by molar-refractivity contribution is 0.0342. The second-order valence-corrected chi connectivity index (χ2v) is 15.8. The van der Waals surface area contributed by atoms with Crippen molar-refractivity contribution >= 4 is 27.8 Å². The highest BCUT2D eigenvalue weighted by Gasteiger charge is 2.29. The quantitative estimate of drug-likeness (QED) is 0.306. The number of rotatable bonds is 5. The largest absolute Gasteiger partial charge is 0.379 e. The van der Waals surface area contributed by atoms with Crippen LogP contribution in [0.2, 0.25) is 0 Å². The lowest BCUT2D eigenvalue weighted by Gasteiger charge is -2.36. The van der Waals surface area contributed by atoms with Crippen molar-refractivity contribution < 1.29 is 4.74 Å². The van der Waals surface area contributed by atoms with Gasteiger partial charge in [-0.3, -0.25) is 14.7 Å². The van der Waals surface area contributed by atoms with E-state index >= 15 is 0 Å². The second-order valence-electron chi connectivity index (χ2n) is 15.8. The second kappa shape index (κ2) is 14.5. The number of likely N-dealkylation sites (N-methyl/N-ethyl adjacent to an activating group) is 1. The number of morpholine rings is 1. The van der Waals surface area contributed by atoms with Crippen LogP contribution in [0.15, 0.2) is 36.4 Å². The molecule has 2 saturated heterocycles. The minimum absolute atomic E-state index is 0.844. The Labute approximate surface area is 298 Å². The number of hydrogen-bond donors (Lipinski definition) is 0. The van der Waals surface area contributed by atoms with Crippen molar-refractivity contribution in [2.45, 2.75) is 83.1 Å². The molecule has 268 valence electrons. The first-order valence-electron chi connectivity index (χ1n) is 19.8. The first kappa shape index (κ1) is 32.9. The van der Waals surface area contributed by atoms with Crippen molar-refractivity contribution in [3.05, 3.63) is 53.6 Å². The summed E-state index contributed by atoms with van der Waals surface area (Å²) in [5.74, 6) is 2.56. The summed E-state index contributed by atoms with van der Waals surface area (Å²) in [7, 11) is 2.21. The summed E-state index contributed by atoms with van der Waals surface area (Å²) in [6.07, 6.45) is 10.6. The fourth-order valence-corrected chi connectivity index (χ4v) is 9.05. The molecule has 0 radical (unpaired) electrons. The Kier molecular flexibility index (Phi) is 9.56. The Morgan fingerprint density at radius 3 is 1.78 bits per heavy atom. The third-order valence-corrected chi connectivity index (χ3v) is 12.7. The Hall–Kier alpha value is -3.02. The molecular weight excluding hydrogens is 623 g/mol. The Balaban J connectivity index is 0.000000135. The molecule has 50 heavy (non-hydrogen) atoms. The predicted octanol–water partition coefficient (Wildman–Crippen LogP) is 4.48. The van der Waals surface area contributed by atoms with Crippen molar-refractivity contribution in [2.24, 2.45) is 0 Å². The summed E-state index contributed by atoms with van der Waals surface area (Å²) in [5.41, 5.74) is 7.71. The van der Waals surface area contributed by atoms with Gasteiger partial charge in [-0.1, -0.05) is 18.9 Å². The summed E-state index contributed by atoms with van der Waals surface area (Å²) in [6, 6.07) is 15.5. The average Bonchev–Trinajstić information content (AvgIpc) is 3.45. The number of piperazine rings is 1. The van der Waals surface area contributed by atoms with Crippen LogP contribution in [0.25, 0.3) is 22.1 Å². The monoisotopic (exact) mass is 679 g/mol. The van der Waals surface area contributed by atoms with Crippen LogP contribution in [0.1, 0.15) is 55.7 Å². The van der Waals surface area contributed by atoms with Crippen molar-refractivity contribution in [2.75, 3.05) is 90.6 Å². The van der Waals surface area contributed by atoms with Gasteiger partial charge in [-0.05, 0) is 68.6 Å². The van der Waals surface area contributed by atoms with Gasteiger partial charge >= 0.3 is 0 Å². The van der Waals surface area contributed by atoms with E-state index in [9.17, 15) is 0 Å². The van der Waals surface area contributed by atoms with Gasteiger partial charge in [0.15, 0.2) is 0 Å². The maximum Gasteiger partial charge on any atom is 0.111 e. The predicted molar refractivity (Wildman–Crippen MR) is 201 cm³/mol. The van der Waals surface area contributed by atoms with Gasteiger partial charge in [0.2, 0.25) is 0 Å². The van der Waals surface area contributed by atoms with Crippen LogP contribution in [0, 0.1) is 0 Å². The van der Waals surface area contributed by atoms with Crippen LogP contribution >= 0.6 is 0 Å². The highest BCUT2D eigenvalue weighted by Crippen LogP contribution is 2.30. The molecule has 4 fully saturated rings. The number of nitrogens with zero attached hydrogens (tertiary/aromatic N) is 9. The minimum Gasteiger partial charge on any atom is -0.379 e. The number of benzene rings is 2. The van der Waals surface area contributed by atoms with Crippen LogP contribution in [0.3, 0.4) is 0 Å². The van der Waals surface area contributed by atoms with Gasteiger partial charge in [0.1, 0.15) is 11.6 Å². The van der Waals surface area contributed by atoms with Gasteiger partial charge < -0.3 is 23.7 Å². The minimum atomic E-state index is 0.844. The van der Waals surface area contributed by atoms with Gasteiger partial charge in [-0.2, -0.15) is 0 Å². The smallest absolute Gasteiger partial charge is 0.111 e. The number of anilines is 1. The molecule has 10 rings (SSSR count). The Bertz CT molecular complexity index is 1760. The molecule has 2 saturated carbocycles.